The first-order valence-electron chi connectivity index (χ1n) is 8.09. The second-order valence-corrected chi connectivity index (χ2v) is 6.28. The second kappa shape index (κ2) is 5.26. The zero-order valence-corrected chi connectivity index (χ0v) is 12.4. The molecule has 0 spiro atoms. The Balaban J connectivity index is 1.66. The highest BCUT2D eigenvalue weighted by atomic mass is 15.4. The number of rotatable bonds is 5. The summed E-state index contributed by atoms with van der Waals surface area (Å²) >= 11 is 0. The number of nitrogens with zero attached hydrogens (tertiary/aromatic N) is 3. The van der Waals surface area contributed by atoms with Gasteiger partial charge in [-0.1, -0.05) is 36.8 Å². The van der Waals surface area contributed by atoms with Gasteiger partial charge in [0.2, 0.25) is 0 Å². The third kappa shape index (κ3) is 2.18. The van der Waals surface area contributed by atoms with Gasteiger partial charge in [-0.05, 0) is 49.3 Å². The lowest BCUT2D eigenvalue weighted by Gasteiger charge is -2.20. The molecule has 2 fully saturated rings. The van der Waals surface area contributed by atoms with E-state index in [0.29, 0.717) is 6.04 Å². The fourth-order valence-electron chi connectivity index (χ4n) is 4.25. The number of aromatic nitrogens is 3. The number of hydrogen-bond acceptors (Lipinski definition) is 3. The van der Waals surface area contributed by atoms with E-state index in [9.17, 15) is 0 Å². The Morgan fingerprint density at radius 3 is 2.71 bits per heavy atom. The highest BCUT2D eigenvalue weighted by molar-refractivity contribution is 5.33. The van der Waals surface area contributed by atoms with E-state index in [1.54, 1.807) is 0 Å². The maximum Gasteiger partial charge on any atom is 0.0818 e. The monoisotopic (exact) mass is 282 g/mol. The Morgan fingerprint density at radius 1 is 1.24 bits per heavy atom. The van der Waals surface area contributed by atoms with Gasteiger partial charge >= 0.3 is 0 Å². The molecule has 4 rings (SSSR count). The lowest BCUT2D eigenvalue weighted by Crippen LogP contribution is -2.26. The van der Waals surface area contributed by atoms with Crippen LogP contribution in [0.25, 0.3) is 5.69 Å². The van der Waals surface area contributed by atoms with Crippen LogP contribution in [0.15, 0.2) is 36.5 Å². The van der Waals surface area contributed by atoms with E-state index >= 15 is 0 Å². The van der Waals surface area contributed by atoms with Crippen molar-refractivity contribution < 1.29 is 0 Å². The van der Waals surface area contributed by atoms with Gasteiger partial charge in [0, 0.05) is 0 Å². The normalized spacial score (nSPS) is 28.3. The van der Waals surface area contributed by atoms with Crippen LogP contribution < -0.4 is 5.32 Å². The predicted molar refractivity (Wildman–Crippen MR) is 82.1 cm³/mol. The van der Waals surface area contributed by atoms with Gasteiger partial charge < -0.3 is 5.32 Å². The fourth-order valence-corrected chi connectivity index (χ4v) is 4.25. The average Bonchev–Trinajstić information content (AvgIpc) is 2.91. The van der Waals surface area contributed by atoms with Gasteiger partial charge in [-0.25, -0.2) is 4.68 Å². The van der Waals surface area contributed by atoms with Gasteiger partial charge in [-0.15, -0.1) is 5.10 Å². The Labute approximate surface area is 125 Å². The van der Waals surface area contributed by atoms with Crippen LogP contribution in [0.4, 0.5) is 0 Å². The quantitative estimate of drug-likeness (QED) is 0.917. The molecule has 2 aromatic rings. The molecule has 2 saturated carbocycles. The van der Waals surface area contributed by atoms with E-state index < -0.39 is 0 Å². The van der Waals surface area contributed by atoms with E-state index in [2.05, 4.69) is 46.8 Å². The van der Waals surface area contributed by atoms with Gasteiger partial charge in [0.05, 0.1) is 23.6 Å². The number of benzene rings is 1. The molecule has 2 aliphatic carbocycles. The first kappa shape index (κ1) is 13.0. The molecule has 0 saturated heterocycles. The van der Waals surface area contributed by atoms with E-state index in [0.717, 1.165) is 30.0 Å². The van der Waals surface area contributed by atoms with Crippen LogP contribution in [-0.2, 0) is 0 Å². The van der Waals surface area contributed by atoms with E-state index in [-0.39, 0.29) is 0 Å². The first-order chi connectivity index (χ1) is 10.4. The average molecular weight is 282 g/mol. The van der Waals surface area contributed by atoms with Crippen molar-refractivity contribution in [3.8, 4) is 5.69 Å². The van der Waals surface area contributed by atoms with Crippen molar-refractivity contribution in [2.45, 2.75) is 32.2 Å². The summed E-state index contributed by atoms with van der Waals surface area (Å²) in [6.07, 6.45) is 6.17. The van der Waals surface area contributed by atoms with Crippen molar-refractivity contribution in [1.29, 1.82) is 0 Å². The Morgan fingerprint density at radius 2 is 2.00 bits per heavy atom. The molecule has 1 heterocycles. The Kier molecular flexibility index (Phi) is 3.26. The van der Waals surface area contributed by atoms with Crippen molar-refractivity contribution in [3.63, 3.8) is 0 Å². The van der Waals surface area contributed by atoms with Crippen LogP contribution in [0.5, 0.6) is 0 Å². The zero-order valence-electron chi connectivity index (χ0n) is 12.4. The smallest absolute Gasteiger partial charge is 0.0818 e. The van der Waals surface area contributed by atoms with E-state index in [1.165, 1.54) is 25.0 Å². The molecule has 21 heavy (non-hydrogen) atoms. The van der Waals surface area contributed by atoms with Crippen LogP contribution in [0.3, 0.4) is 0 Å². The maximum absolute atomic E-state index is 4.32. The minimum absolute atomic E-state index is 0.389. The van der Waals surface area contributed by atoms with Crippen LogP contribution in [0.2, 0.25) is 0 Å². The summed E-state index contributed by atoms with van der Waals surface area (Å²) in [4.78, 5) is 0. The third-order valence-electron chi connectivity index (χ3n) is 5.18. The van der Waals surface area contributed by atoms with Crippen LogP contribution in [0, 0.1) is 17.8 Å². The molecule has 4 heteroatoms. The maximum atomic E-state index is 4.32. The molecule has 1 aromatic heterocycles. The summed E-state index contributed by atoms with van der Waals surface area (Å²) in [5.74, 6) is 2.63. The topological polar surface area (TPSA) is 42.7 Å². The minimum atomic E-state index is 0.389. The Hall–Kier alpha value is -1.68. The molecular formula is C17H22N4. The van der Waals surface area contributed by atoms with Crippen LogP contribution in [-0.4, -0.2) is 21.5 Å². The molecule has 2 aliphatic rings. The standard InChI is InChI=1S/C17H22N4/c1-2-18-17(16-13-9-6-10-14(13)16)15-11-19-20-21(15)12-7-4-3-5-8-12/h3-5,7-8,11,13-14,16-18H,2,6,9-10H2,1H3. The van der Waals surface area contributed by atoms with Gasteiger partial charge in [0.15, 0.2) is 0 Å². The fraction of sp³-hybridized carbons (Fsp3) is 0.529. The zero-order chi connectivity index (χ0) is 14.2. The van der Waals surface area contributed by atoms with Crippen LogP contribution >= 0.6 is 0 Å². The summed E-state index contributed by atoms with van der Waals surface area (Å²) < 4.78 is 2.00. The van der Waals surface area contributed by atoms with Gasteiger partial charge in [0.25, 0.3) is 0 Å². The number of fused-ring (bicyclic) bond motifs is 1. The predicted octanol–water partition coefficient (Wildman–Crippen LogP) is 2.96. The molecular weight excluding hydrogens is 260 g/mol. The van der Waals surface area contributed by atoms with Crippen molar-refractivity contribution in [2.75, 3.05) is 6.54 Å². The lowest BCUT2D eigenvalue weighted by atomic mass is 10.0. The summed E-state index contributed by atoms with van der Waals surface area (Å²) in [5, 5.41) is 12.2. The largest absolute Gasteiger partial charge is 0.309 e. The van der Waals surface area contributed by atoms with Gasteiger partial charge in [0.1, 0.15) is 0 Å². The van der Waals surface area contributed by atoms with Gasteiger partial charge in [-0.3, -0.25) is 0 Å². The van der Waals surface area contributed by atoms with Crippen molar-refractivity contribution >= 4 is 0 Å². The molecule has 1 aromatic carbocycles. The molecule has 110 valence electrons. The second-order valence-electron chi connectivity index (χ2n) is 6.28. The van der Waals surface area contributed by atoms with Crippen molar-refractivity contribution in [3.05, 3.63) is 42.2 Å². The summed E-state index contributed by atoms with van der Waals surface area (Å²) in [5.41, 5.74) is 2.31. The number of nitrogens with one attached hydrogen (secondary N) is 1. The molecule has 1 N–H and O–H groups in total. The molecule has 0 amide bonds. The summed E-state index contributed by atoms with van der Waals surface area (Å²) in [6.45, 7) is 3.17. The Bertz CT molecular complexity index is 596. The van der Waals surface area contributed by atoms with Crippen molar-refractivity contribution in [1.82, 2.24) is 20.3 Å². The molecule has 0 bridgehead atoms. The minimum Gasteiger partial charge on any atom is -0.309 e. The highest BCUT2D eigenvalue weighted by Gasteiger charge is 2.56. The van der Waals surface area contributed by atoms with E-state index in [1.807, 2.05) is 16.9 Å². The third-order valence-corrected chi connectivity index (χ3v) is 5.18. The molecule has 0 radical (unpaired) electrons. The first-order valence-corrected chi connectivity index (χ1v) is 8.09. The van der Waals surface area contributed by atoms with Gasteiger partial charge in [-0.2, -0.15) is 0 Å². The SMILES string of the molecule is CCNC(c1cnnn1-c1ccccc1)C1C2CCCC21. The molecule has 0 aliphatic heterocycles. The molecule has 3 atom stereocenters. The molecule has 4 nitrogen and oxygen atoms in total. The summed E-state index contributed by atoms with van der Waals surface area (Å²) in [7, 11) is 0. The molecule has 3 unspecified atom stereocenters. The van der Waals surface area contributed by atoms with Crippen LogP contribution in [0.1, 0.15) is 37.9 Å². The van der Waals surface area contributed by atoms with Crippen molar-refractivity contribution in [2.24, 2.45) is 17.8 Å². The lowest BCUT2D eigenvalue weighted by molar-refractivity contribution is 0.410. The number of hydrogen-bond donors (Lipinski definition) is 1. The van der Waals surface area contributed by atoms with E-state index in [4.69, 9.17) is 0 Å². The highest BCUT2D eigenvalue weighted by Crippen LogP contribution is 2.62. The summed E-state index contributed by atoms with van der Waals surface area (Å²) in [6, 6.07) is 10.7. The number of para-hydroxylation sites is 1.